The molecule has 2 aromatic carbocycles. The highest BCUT2D eigenvalue weighted by Gasteiger charge is 2.06. The van der Waals surface area contributed by atoms with Crippen molar-refractivity contribution < 1.29 is 9.34 Å². The number of nitro benzene ring substituents is 1. The highest BCUT2D eigenvalue weighted by Crippen LogP contribution is 2.16. The number of fused-ring (bicyclic) bond motifs is 1. The van der Waals surface area contributed by atoms with E-state index in [9.17, 15) is 14.9 Å². The van der Waals surface area contributed by atoms with Gasteiger partial charge in [-0.1, -0.05) is 12.1 Å². The molecule has 0 saturated carbocycles. The van der Waals surface area contributed by atoms with Crippen LogP contribution in [-0.4, -0.2) is 9.91 Å². The smallest absolute Gasteiger partial charge is 0.347 e. The SMILES string of the molecule is Cc1cccc2c(=O)oc(C=Cc3ccc([N+](=O)[O-])cc3)nc12. The zero-order chi connectivity index (χ0) is 16.4. The van der Waals surface area contributed by atoms with Crippen LogP contribution in [0.4, 0.5) is 5.69 Å². The van der Waals surface area contributed by atoms with Gasteiger partial charge in [0.1, 0.15) is 0 Å². The molecule has 3 aromatic rings. The number of hydrogen-bond acceptors (Lipinski definition) is 5. The van der Waals surface area contributed by atoms with E-state index in [1.54, 1.807) is 36.4 Å². The van der Waals surface area contributed by atoms with Gasteiger partial charge in [0.15, 0.2) is 0 Å². The van der Waals surface area contributed by atoms with Gasteiger partial charge in [-0.05, 0) is 42.3 Å². The van der Waals surface area contributed by atoms with Gasteiger partial charge in [0, 0.05) is 18.2 Å². The molecule has 0 radical (unpaired) electrons. The zero-order valence-corrected chi connectivity index (χ0v) is 12.2. The Bertz CT molecular complexity index is 972. The van der Waals surface area contributed by atoms with Crippen LogP contribution in [0.1, 0.15) is 17.0 Å². The van der Waals surface area contributed by atoms with E-state index in [0.717, 1.165) is 11.1 Å². The van der Waals surface area contributed by atoms with Crippen molar-refractivity contribution in [3.8, 4) is 0 Å². The Hall–Kier alpha value is -3.28. The number of para-hydroxylation sites is 1. The first-order valence-electron chi connectivity index (χ1n) is 6.87. The molecular formula is C17H12N2O4. The second-order valence-electron chi connectivity index (χ2n) is 4.99. The van der Waals surface area contributed by atoms with Gasteiger partial charge in [0.2, 0.25) is 5.89 Å². The van der Waals surface area contributed by atoms with Crippen LogP contribution >= 0.6 is 0 Å². The Balaban J connectivity index is 1.96. The van der Waals surface area contributed by atoms with E-state index in [1.165, 1.54) is 12.1 Å². The summed E-state index contributed by atoms with van der Waals surface area (Å²) in [4.78, 5) is 26.5. The van der Waals surface area contributed by atoms with Gasteiger partial charge in [0.25, 0.3) is 5.69 Å². The summed E-state index contributed by atoms with van der Waals surface area (Å²) in [7, 11) is 0. The Morgan fingerprint density at radius 1 is 1.13 bits per heavy atom. The van der Waals surface area contributed by atoms with E-state index in [1.807, 2.05) is 13.0 Å². The first-order valence-corrected chi connectivity index (χ1v) is 6.87. The van der Waals surface area contributed by atoms with E-state index >= 15 is 0 Å². The molecule has 0 spiro atoms. The highest BCUT2D eigenvalue weighted by molar-refractivity contribution is 5.81. The molecule has 1 aromatic heterocycles. The van der Waals surface area contributed by atoms with Gasteiger partial charge < -0.3 is 4.42 Å². The van der Waals surface area contributed by atoms with Crippen molar-refractivity contribution in [3.05, 3.63) is 80.0 Å². The molecule has 0 aliphatic rings. The van der Waals surface area contributed by atoms with Crippen LogP contribution in [0.3, 0.4) is 0 Å². The Morgan fingerprint density at radius 3 is 2.57 bits per heavy atom. The molecule has 1 heterocycles. The average Bonchev–Trinajstić information content (AvgIpc) is 2.54. The van der Waals surface area contributed by atoms with Crippen molar-refractivity contribution in [1.29, 1.82) is 0 Å². The fourth-order valence-electron chi connectivity index (χ4n) is 2.20. The lowest BCUT2D eigenvalue weighted by molar-refractivity contribution is -0.384. The fourth-order valence-corrected chi connectivity index (χ4v) is 2.20. The Kier molecular flexibility index (Phi) is 3.72. The van der Waals surface area contributed by atoms with Crippen molar-refractivity contribution in [3.63, 3.8) is 0 Å². The van der Waals surface area contributed by atoms with Crippen LogP contribution in [0.25, 0.3) is 23.1 Å². The summed E-state index contributed by atoms with van der Waals surface area (Å²) in [5, 5.41) is 11.1. The second-order valence-corrected chi connectivity index (χ2v) is 4.99. The number of rotatable bonds is 3. The average molecular weight is 308 g/mol. The molecule has 0 aliphatic carbocycles. The minimum Gasteiger partial charge on any atom is -0.404 e. The zero-order valence-electron chi connectivity index (χ0n) is 12.2. The standard InChI is InChI=1S/C17H12N2O4/c1-11-3-2-4-14-16(11)18-15(23-17(14)20)10-7-12-5-8-13(9-6-12)19(21)22/h2-10H,1H3. The van der Waals surface area contributed by atoms with E-state index in [2.05, 4.69) is 4.98 Å². The predicted molar refractivity (Wildman–Crippen MR) is 87.0 cm³/mol. The molecule has 6 nitrogen and oxygen atoms in total. The molecule has 0 unspecified atom stereocenters. The third-order valence-corrected chi connectivity index (χ3v) is 3.40. The number of nitro groups is 1. The number of aryl methyl sites for hydroxylation is 1. The Morgan fingerprint density at radius 2 is 1.87 bits per heavy atom. The summed E-state index contributed by atoms with van der Waals surface area (Å²) in [6.45, 7) is 1.87. The molecule has 0 atom stereocenters. The van der Waals surface area contributed by atoms with Crippen molar-refractivity contribution >= 4 is 28.7 Å². The minimum absolute atomic E-state index is 0.0214. The first kappa shape index (κ1) is 14.6. The summed E-state index contributed by atoms with van der Waals surface area (Å²) in [6.07, 6.45) is 3.24. The maximum absolute atomic E-state index is 12.0. The van der Waals surface area contributed by atoms with E-state index in [4.69, 9.17) is 4.42 Å². The minimum atomic E-state index is -0.458. The fraction of sp³-hybridized carbons (Fsp3) is 0.0588. The van der Waals surface area contributed by atoms with Gasteiger partial charge in [-0.15, -0.1) is 0 Å². The van der Waals surface area contributed by atoms with E-state index < -0.39 is 10.5 Å². The Labute approximate surface area is 130 Å². The monoisotopic (exact) mass is 308 g/mol. The predicted octanol–water partition coefficient (Wildman–Crippen LogP) is 3.58. The lowest BCUT2D eigenvalue weighted by atomic mass is 10.1. The lowest BCUT2D eigenvalue weighted by Crippen LogP contribution is -2.03. The van der Waals surface area contributed by atoms with Gasteiger partial charge in [-0.2, -0.15) is 0 Å². The molecule has 0 saturated heterocycles. The van der Waals surface area contributed by atoms with Crippen molar-refractivity contribution in [2.75, 3.05) is 0 Å². The largest absolute Gasteiger partial charge is 0.404 e. The number of benzene rings is 2. The van der Waals surface area contributed by atoms with Gasteiger partial charge >= 0.3 is 5.63 Å². The van der Waals surface area contributed by atoms with Crippen molar-refractivity contribution in [1.82, 2.24) is 4.98 Å². The topological polar surface area (TPSA) is 86.2 Å². The summed E-state index contributed by atoms with van der Waals surface area (Å²) in [5.74, 6) is 0.190. The second kappa shape index (κ2) is 5.84. The third kappa shape index (κ3) is 3.01. The molecule has 23 heavy (non-hydrogen) atoms. The van der Waals surface area contributed by atoms with Crippen molar-refractivity contribution in [2.24, 2.45) is 0 Å². The maximum atomic E-state index is 12.0. The van der Waals surface area contributed by atoms with Gasteiger partial charge in [-0.3, -0.25) is 10.1 Å². The third-order valence-electron chi connectivity index (χ3n) is 3.40. The summed E-state index contributed by atoms with van der Waals surface area (Å²) < 4.78 is 5.17. The van der Waals surface area contributed by atoms with Gasteiger partial charge in [-0.25, -0.2) is 9.78 Å². The molecule has 0 bridgehead atoms. The van der Waals surface area contributed by atoms with E-state index in [-0.39, 0.29) is 11.6 Å². The van der Waals surface area contributed by atoms with Crippen LogP contribution in [0.15, 0.2) is 51.7 Å². The number of aromatic nitrogens is 1. The quantitative estimate of drug-likeness (QED) is 0.545. The number of nitrogens with zero attached hydrogens (tertiary/aromatic N) is 2. The number of non-ortho nitro benzene ring substituents is 1. The van der Waals surface area contributed by atoms with Crippen LogP contribution in [0.5, 0.6) is 0 Å². The van der Waals surface area contributed by atoms with Crippen LogP contribution < -0.4 is 5.63 Å². The summed E-state index contributed by atoms with van der Waals surface area (Å²) in [6, 6.07) is 11.4. The van der Waals surface area contributed by atoms with Crippen molar-refractivity contribution in [2.45, 2.75) is 6.92 Å². The van der Waals surface area contributed by atoms with E-state index in [0.29, 0.717) is 10.9 Å². The van der Waals surface area contributed by atoms with Crippen LogP contribution in [0, 0.1) is 17.0 Å². The molecule has 3 rings (SSSR count). The summed E-state index contributed by atoms with van der Waals surface area (Å²) >= 11 is 0. The molecule has 0 aliphatic heterocycles. The van der Waals surface area contributed by atoms with Crippen LogP contribution in [-0.2, 0) is 0 Å². The molecule has 6 heteroatoms. The first-order chi connectivity index (χ1) is 11.0. The van der Waals surface area contributed by atoms with Gasteiger partial charge in [0.05, 0.1) is 15.8 Å². The molecule has 0 N–H and O–H groups in total. The summed E-state index contributed by atoms with van der Waals surface area (Å²) in [5.41, 5.74) is 1.81. The highest BCUT2D eigenvalue weighted by atomic mass is 16.6. The van der Waals surface area contributed by atoms with Crippen LogP contribution in [0.2, 0.25) is 0 Å². The molecular weight excluding hydrogens is 296 g/mol. The number of hydrogen-bond donors (Lipinski definition) is 0. The molecule has 114 valence electrons. The lowest BCUT2D eigenvalue weighted by Gasteiger charge is -2.00. The molecule has 0 fully saturated rings. The molecule has 0 amide bonds. The normalized spacial score (nSPS) is 11.2. The maximum Gasteiger partial charge on any atom is 0.347 e.